The smallest absolute Gasteiger partial charge is 0.336 e. The van der Waals surface area contributed by atoms with Gasteiger partial charge in [0.25, 0.3) is 5.79 Å². The first-order valence-corrected chi connectivity index (χ1v) is 11.2. The third kappa shape index (κ3) is 3.48. The Morgan fingerprint density at radius 2 is 1.75 bits per heavy atom. The van der Waals surface area contributed by atoms with Crippen LogP contribution in [0.15, 0.2) is 22.8 Å². The first-order valence-electron chi connectivity index (χ1n) is 11.2. The number of hydrogen-bond donors (Lipinski definition) is 1. The molecule has 0 spiro atoms. The molecular weight excluding hydrogens is 416 g/mol. The Kier molecular flexibility index (Phi) is 5.33. The third-order valence-corrected chi connectivity index (χ3v) is 7.94. The van der Waals surface area contributed by atoms with E-state index in [0.29, 0.717) is 30.4 Å². The number of rotatable bonds is 2. The number of allylic oxidation sites excluding steroid dienone is 1. The number of ether oxygens (including phenoxy) is 4. The van der Waals surface area contributed by atoms with Crippen molar-refractivity contribution in [2.24, 2.45) is 11.3 Å². The number of hydrogen-bond acceptors (Lipinski definition) is 8. The van der Waals surface area contributed by atoms with Crippen molar-refractivity contribution in [3.05, 3.63) is 22.8 Å². The lowest BCUT2D eigenvalue weighted by Crippen LogP contribution is -2.59. The van der Waals surface area contributed by atoms with Crippen LogP contribution in [0.5, 0.6) is 0 Å². The van der Waals surface area contributed by atoms with E-state index in [1.807, 2.05) is 20.8 Å². The topological polar surface area (TPSA) is 112 Å². The van der Waals surface area contributed by atoms with Crippen LogP contribution in [-0.4, -0.2) is 52.7 Å². The van der Waals surface area contributed by atoms with Gasteiger partial charge >= 0.3 is 17.9 Å². The Bertz CT molecular complexity index is 934. The van der Waals surface area contributed by atoms with Gasteiger partial charge in [-0.2, -0.15) is 0 Å². The molecule has 0 amide bonds. The molecule has 1 saturated heterocycles. The van der Waals surface area contributed by atoms with Gasteiger partial charge in [0.05, 0.1) is 11.7 Å². The predicted octanol–water partition coefficient (Wildman–Crippen LogP) is 2.73. The molecule has 7 atom stereocenters. The molecule has 176 valence electrons. The number of epoxide rings is 1. The Labute approximate surface area is 187 Å². The zero-order chi connectivity index (χ0) is 23.6. The molecule has 0 radical (unpaired) electrons. The minimum Gasteiger partial charge on any atom is -0.462 e. The second-order valence-electron chi connectivity index (χ2n) is 10.1. The molecule has 2 heterocycles. The molecule has 1 unspecified atom stereocenters. The summed E-state index contributed by atoms with van der Waals surface area (Å²) in [5, 5.41) is 11.3. The van der Waals surface area contributed by atoms with Crippen molar-refractivity contribution in [2.75, 3.05) is 0 Å². The predicted molar refractivity (Wildman–Crippen MR) is 112 cm³/mol. The molecule has 2 fully saturated rings. The van der Waals surface area contributed by atoms with Gasteiger partial charge in [-0.3, -0.25) is 9.59 Å². The summed E-state index contributed by atoms with van der Waals surface area (Å²) in [4.78, 5) is 36.6. The van der Waals surface area contributed by atoms with E-state index in [0.717, 1.165) is 5.57 Å². The number of fused-ring (bicyclic) bond motifs is 4. The molecule has 0 bridgehead atoms. The van der Waals surface area contributed by atoms with Gasteiger partial charge in [-0.25, -0.2) is 4.79 Å². The fourth-order valence-electron chi connectivity index (χ4n) is 6.13. The van der Waals surface area contributed by atoms with Crippen LogP contribution in [0, 0.1) is 11.3 Å². The van der Waals surface area contributed by atoms with Crippen molar-refractivity contribution < 1.29 is 38.4 Å². The molecule has 1 N–H and O–H groups in total. The number of carbonyl (C=O) groups excluding carboxylic acids is 3. The van der Waals surface area contributed by atoms with E-state index in [4.69, 9.17) is 18.9 Å². The Morgan fingerprint density at radius 1 is 1.12 bits per heavy atom. The van der Waals surface area contributed by atoms with Gasteiger partial charge in [-0.05, 0) is 46.1 Å². The molecule has 0 aromatic carbocycles. The summed E-state index contributed by atoms with van der Waals surface area (Å²) in [7, 11) is 0. The van der Waals surface area contributed by atoms with Gasteiger partial charge < -0.3 is 24.1 Å². The molecule has 8 nitrogen and oxygen atoms in total. The van der Waals surface area contributed by atoms with Crippen molar-refractivity contribution >= 4 is 17.9 Å². The van der Waals surface area contributed by atoms with E-state index < -0.39 is 46.9 Å². The summed E-state index contributed by atoms with van der Waals surface area (Å²) in [6.07, 6.45) is 2.08. The normalized spacial score (nSPS) is 44.8. The van der Waals surface area contributed by atoms with E-state index >= 15 is 0 Å². The maximum atomic E-state index is 12.4. The van der Waals surface area contributed by atoms with Crippen LogP contribution in [-0.2, 0) is 33.3 Å². The summed E-state index contributed by atoms with van der Waals surface area (Å²) >= 11 is 0. The van der Waals surface area contributed by atoms with E-state index in [9.17, 15) is 19.5 Å². The molecular formula is C24H32O8. The number of carbonyl (C=O) groups is 3. The van der Waals surface area contributed by atoms with E-state index in [-0.39, 0.29) is 18.4 Å². The highest BCUT2D eigenvalue weighted by Crippen LogP contribution is 2.63. The molecule has 1 saturated carbocycles. The van der Waals surface area contributed by atoms with E-state index in [2.05, 4.69) is 0 Å². The largest absolute Gasteiger partial charge is 0.462 e. The number of esters is 3. The summed E-state index contributed by atoms with van der Waals surface area (Å²) < 4.78 is 23.2. The van der Waals surface area contributed by atoms with Crippen LogP contribution in [0.1, 0.15) is 67.2 Å². The standard InChI is InChI=1S/C24H32O8/c1-12-7-8-18(29-14(3)25)22(5)17(9-16-13(2)21(27)32-24(16,28)11-12)23(6)20(31-23)10-19(22)30-15(4)26/h11,17-20,28H,7-10H2,1-6H3/b12-11-/t17-,18-,19+,20-,22+,23+,24?/m1/s1. The van der Waals surface area contributed by atoms with E-state index in [1.54, 1.807) is 13.0 Å². The van der Waals surface area contributed by atoms with Crippen molar-refractivity contribution in [2.45, 2.75) is 96.9 Å². The maximum absolute atomic E-state index is 12.4. The molecule has 2 aliphatic heterocycles. The summed E-state index contributed by atoms with van der Waals surface area (Å²) in [6.45, 7) is 10.2. The molecule has 32 heavy (non-hydrogen) atoms. The van der Waals surface area contributed by atoms with Gasteiger partial charge in [0.1, 0.15) is 12.2 Å². The second kappa shape index (κ2) is 7.42. The Balaban J connectivity index is 1.89. The van der Waals surface area contributed by atoms with Crippen LogP contribution >= 0.6 is 0 Å². The van der Waals surface area contributed by atoms with Gasteiger partial charge in [-0.15, -0.1) is 0 Å². The zero-order valence-electron chi connectivity index (χ0n) is 19.5. The van der Waals surface area contributed by atoms with Crippen molar-refractivity contribution in [3.8, 4) is 0 Å². The molecule has 0 aromatic heterocycles. The molecule has 8 heteroatoms. The molecule has 0 aromatic rings. The van der Waals surface area contributed by atoms with Gasteiger partial charge in [0.2, 0.25) is 0 Å². The highest BCUT2D eigenvalue weighted by atomic mass is 16.7. The molecule has 4 aliphatic rings. The Morgan fingerprint density at radius 3 is 2.38 bits per heavy atom. The lowest BCUT2D eigenvalue weighted by atomic mass is 9.55. The average Bonchev–Trinajstić information content (AvgIpc) is 3.27. The first-order chi connectivity index (χ1) is 14.8. The van der Waals surface area contributed by atoms with Crippen molar-refractivity contribution in [3.63, 3.8) is 0 Å². The minimum atomic E-state index is -1.82. The lowest BCUT2D eigenvalue weighted by Gasteiger charge is -2.51. The van der Waals surface area contributed by atoms with Gasteiger partial charge in [-0.1, -0.05) is 12.5 Å². The zero-order valence-corrected chi connectivity index (χ0v) is 19.5. The van der Waals surface area contributed by atoms with Crippen LogP contribution in [0.4, 0.5) is 0 Å². The average molecular weight is 449 g/mol. The maximum Gasteiger partial charge on any atom is 0.336 e. The first kappa shape index (κ1) is 23.0. The van der Waals surface area contributed by atoms with Crippen molar-refractivity contribution in [1.29, 1.82) is 0 Å². The second-order valence-corrected chi connectivity index (χ2v) is 10.1. The Hall–Kier alpha value is -2.19. The molecule has 2 aliphatic carbocycles. The van der Waals surface area contributed by atoms with Gasteiger partial charge in [0.15, 0.2) is 0 Å². The highest BCUT2D eigenvalue weighted by molar-refractivity contribution is 5.92. The summed E-state index contributed by atoms with van der Waals surface area (Å²) in [6, 6.07) is 0. The SMILES string of the molecule is CC(=O)O[C@H]1C[C@H]2O[C@@]2(C)[C@@H]2CC3=C(C)C(=O)OC3(O)/C=C(/C)CC[C@@H](OC(C)=O)[C@@]12C. The quantitative estimate of drug-likeness (QED) is 0.297. The van der Waals surface area contributed by atoms with Crippen LogP contribution in [0.3, 0.4) is 0 Å². The monoisotopic (exact) mass is 448 g/mol. The summed E-state index contributed by atoms with van der Waals surface area (Å²) in [5.74, 6) is -3.52. The fourth-order valence-corrected chi connectivity index (χ4v) is 6.13. The summed E-state index contributed by atoms with van der Waals surface area (Å²) in [5.41, 5.74) is 0.260. The van der Waals surface area contributed by atoms with Crippen molar-refractivity contribution in [1.82, 2.24) is 0 Å². The fraction of sp³-hybridized carbons (Fsp3) is 0.708. The highest BCUT2D eigenvalue weighted by Gasteiger charge is 2.72. The van der Waals surface area contributed by atoms with Crippen LogP contribution < -0.4 is 0 Å². The number of aliphatic hydroxyl groups is 1. The van der Waals surface area contributed by atoms with Gasteiger partial charge in [0, 0.05) is 42.7 Å². The molecule has 4 rings (SSSR count). The van der Waals surface area contributed by atoms with E-state index in [1.165, 1.54) is 13.8 Å². The van der Waals surface area contributed by atoms with Crippen LogP contribution in [0.2, 0.25) is 0 Å². The lowest BCUT2D eigenvalue weighted by molar-refractivity contribution is -0.190. The van der Waals surface area contributed by atoms with Crippen LogP contribution in [0.25, 0.3) is 0 Å². The minimum absolute atomic E-state index is 0.129. The third-order valence-electron chi connectivity index (χ3n) is 7.94.